The normalized spacial score (nSPS) is 19.9. The van der Waals surface area contributed by atoms with Gasteiger partial charge in [-0.3, -0.25) is 19.9 Å². The van der Waals surface area contributed by atoms with Crippen molar-refractivity contribution in [1.82, 2.24) is 19.5 Å². The predicted octanol–water partition coefficient (Wildman–Crippen LogP) is 9.80. The maximum atomic E-state index is 7.14. The van der Waals surface area contributed by atoms with Crippen molar-refractivity contribution in [2.75, 3.05) is 0 Å². The summed E-state index contributed by atoms with van der Waals surface area (Å²) in [5, 5.41) is 2.24. The SMILES string of the molecule is Cc1ccc2c(c1)c1cc(C)c(-c3nccc(C(C)(C)C)n3)[c-]c1n2-c1[c-]c(C2=N[C@]3(C)c4cc(C)c(C)cc4C[C@]3(C(C)(C)C)O2)ccn1.[Pt+2]. The number of nitrogens with zero attached hydrogens (tertiary/aromatic N) is 5. The second-order valence-corrected chi connectivity index (χ2v) is 16.7. The van der Waals surface area contributed by atoms with Crippen LogP contribution in [0.15, 0.2) is 65.9 Å². The molecule has 7 heteroatoms. The monoisotopic (exact) mass is 854 g/mol. The van der Waals surface area contributed by atoms with Gasteiger partial charge in [-0.05, 0) is 79.2 Å². The molecule has 0 saturated carbocycles. The number of benzene rings is 3. The third-order valence-electron chi connectivity index (χ3n) is 11.2. The van der Waals surface area contributed by atoms with E-state index >= 15 is 0 Å². The van der Waals surface area contributed by atoms with E-state index in [1.165, 1.54) is 27.8 Å². The summed E-state index contributed by atoms with van der Waals surface area (Å²) in [6, 6.07) is 24.8. The van der Waals surface area contributed by atoms with E-state index in [4.69, 9.17) is 24.7 Å². The topological polar surface area (TPSA) is 65.2 Å². The molecular weight excluding hydrogens is 810 g/mol. The number of ether oxygens (including phenoxy) is 1. The summed E-state index contributed by atoms with van der Waals surface area (Å²) < 4.78 is 9.30. The van der Waals surface area contributed by atoms with Crippen LogP contribution in [0, 0.1) is 45.2 Å². The number of aliphatic imine (C=N–C) groups is 1. The molecule has 0 bridgehead atoms. The average Bonchev–Trinajstić information content (AvgIpc) is 3.62. The molecule has 0 radical (unpaired) electrons. The van der Waals surface area contributed by atoms with Gasteiger partial charge < -0.3 is 9.30 Å². The Bertz CT molecular complexity index is 2430. The van der Waals surface area contributed by atoms with Gasteiger partial charge in [0.05, 0.1) is 11.6 Å². The molecule has 2 aliphatic rings. The van der Waals surface area contributed by atoms with E-state index in [9.17, 15) is 0 Å². The standard InChI is InChI=1S/C44H45N5O.Pt/c1-25-12-13-35-32(18-25)33-20-28(4)31(39-46-17-15-37(47-39)41(5,6)7)23-36(33)49(35)38-22-29(14-16-45-38)40-48-43(11)34-21-27(3)26(2)19-30(34)24-44(43,50-40)42(8,9)10;/h12-21H,24H2,1-11H3;/q-2;+2/t43-,44-;/m1./s1. The third kappa shape index (κ3) is 5.23. The summed E-state index contributed by atoms with van der Waals surface area (Å²) in [7, 11) is 0. The Hall–Kier alpha value is -4.15. The molecule has 0 fully saturated rings. The van der Waals surface area contributed by atoms with Gasteiger partial charge in [-0.1, -0.05) is 83.7 Å². The number of aryl methyl sites for hydroxylation is 4. The Morgan fingerprint density at radius 3 is 2.25 bits per heavy atom. The van der Waals surface area contributed by atoms with Crippen LogP contribution >= 0.6 is 0 Å². The van der Waals surface area contributed by atoms with Crippen LogP contribution in [0.4, 0.5) is 0 Å². The number of hydrogen-bond donors (Lipinski definition) is 0. The maximum Gasteiger partial charge on any atom is 2.00 e. The molecule has 51 heavy (non-hydrogen) atoms. The smallest absolute Gasteiger partial charge is 0.525 e. The number of rotatable bonds is 3. The first-order valence-corrected chi connectivity index (χ1v) is 17.6. The van der Waals surface area contributed by atoms with Crippen LogP contribution in [0.2, 0.25) is 0 Å². The molecule has 8 rings (SSSR count). The van der Waals surface area contributed by atoms with Crippen molar-refractivity contribution < 1.29 is 25.8 Å². The van der Waals surface area contributed by atoms with Crippen LogP contribution in [-0.4, -0.2) is 31.0 Å². The van der Waals surface area contributed by atoms with Crippen molar-refractivity contribution >= 4 is 27.7 Å². The van der Waals surface area contributed by atoms with E-state index in [2.05, 4.69) is 129 Å². The van der Waals surface area contributed by atoms with Gasteiger partial charge in [-0.25, -0.2) is 0 Å². The molecule has 0 spiro atoms. The molecule has 1 aliphatic heterocycles. The molecule has 2 atom stereocenters. The maximum absolute atomic E-state index is 7.14. The number of aromatic nitrogens is 4. The van der Waals surface area contributed by atoms with Gasteiger partial charge in [0.1, 0.15) is 17.0 Å². The summed E-state index contributed by atoms with van der Waals surface area (Å²) in [4.78, 5) is 20.1. The summed E-state index contributed by atoms with van der Waals surface area (Å²) in [6.07, 6.45) is 4.49. The minimum atomic E-state index is -0.544. The van der Waals surface area contributed by atoms with Gasteiger partial charge in [-0.15, -0.1) is 41.0 Å². The zero-order valence-electron chi connectivity index (χ0n) is 31.4. The summed E-state index contributed by atoms with van der Waals surface area (Å²) >= 11 is 0. The Labute approximate surface area is 316 Å². The molecule has 0 saturated heterocycles. The van der Waals surface area contributed by atoms with E-state index in [0.717, 1.165) is 50.6 Å². The zero-order chi connectivity index (χ0) is 35.5. The fraction of sp³-hybridized carbons (Fsp3) is 0.364. The van der Waals surface area contributed by atoms with E-state index in [1.54, 1.807) is 0 Å². The Morgan fingerprint density at radius 1 is 0.804 bits per heavy atom. The van der Waals surface area contributed by atoms with E-state index < -0.39 is 11.1 Å². The van der Waals surface area contributed by atoms with Crippen LogP contribution in [0.5, 0.6) is 0 Å². The van der Waals surface area contributed by atoms with Crippen LogP contribution in [-0.2, 0) is 43.2 Å². The molecule has 0 amide bonds. The second kappa shape index (κ2) is 11.7. The minimum Gasteiger partial charge on any atom is -0.525 e. The van der Waals surface area contributed by atoms with Crippen LogP contribution in [0.1, 0.15) is 93.1 Å². The fourth-order valence-corrected chi connectivity index (χ4v) is 8.24. The molecule has 3 aromatic carbocycles. The van der Waals surface area contributed by atoms with Gasteiger partial charge in [0.2, 0.25) is 0 Å². The van der Waals surface area contributed by atoms with Crippen molar-refractivity contribution in [2.24, 2.45) is 10.4 Å². The fourth-order valence-electron chi connectivity index (χ4n) is 8.24. The van der Waals surface area contributed by atoms with Gasteiger partial charge in [-0.2, -0.15) is 0 Å². The van der Waals surface area contributed by atoms with Gasteiger partial charge in [0, 0.05) is 34.7 Å². The van der Waals surface area contributed by atoms with Crippen molar-refractivity contribution in [2.45, 2.75) is 99.1 Å². The van der Waals surface area contributed by atoms with Gasteiger partial charge in [0.15, 0.2) is 0 Å². The molecular formula is C44H45N5OPt. The third-order valence-corrected chi connectivity index (χ3v) is 11.2. The quantitative estimate of drug-likeness (QED) is 0.167. The number of pyridine rings is 1. The Balaban J connectivity index is 0.00000406. The zero-order valence-corrected chi connectivity index (χ0v) is 33.7. The number of hydrogen-bond acceptors (Lipinski definition) is 5. The Morgan fingerprint density at radius 2 is 1.53 bits per heavy atom. The van der Waals surface area contributed by atoms with Crippen molar-refractivity contribution in [3.05, 3.63) is 118 Å². The first-order chi connectivity index (χ1) is 23.5. The summed E-state index contributed by atoms with van der Waals surface area (Å²) in [6.45, 7) is 24.2. The Kier molecular flexibility index (Phi) is 8.08. The molecule has 4 heterocycles. The molecule has 6 nitrogen and oxygen atoms in total. The first kappa shape index (κ1) is 35.3. The summed E-state index contributed by atoms with van der Waals surface area (Å²) in [5.41, 5.74) is 10.6. The van der Waals surface area contributed by atoms with Gasteiger partial charge in [0.25, 0.3) is 0 Å². The average molecular weight is 855 g/mol. The number of fused-ring (bicyclic) bond motifs is 6. The molecule has 6 aromatic rings. The van der Waals surface area contributed by atoms with Crippen LogP contribution < -0.4 is 0 Å². The minimum absolute atomic E-state index is 0. The van der Waals surface area contributed by atoms with Crippen molar-refractivity contribution in [3.63, 3.8) is 0 Å². The van der Waals surface area contributed by atoms with E-state index in [1.807, 2.05) is 24.5 Å². The van der Waals surface area contributed by atoms with Crippen LogP contribution in [0.3, 0.4) is 0 Å². The molecule has 1 aliphatic carbocycles. The van der Waals surface area contributed by atoms with E-state index in [-0.39, 0.29) is 31.9 Å². The largest absolute Gasteiger partial charge is 2.00 e. The van der Waals surface area contributed by atoms with Crippen molar-refractivity contribution in [3.8, 4) is 17.2 Å². The van der Waals surface area contributed by atoms with E-state index in [0.29, 0.717) is 17.5 Å². The second-order valence-electron chi connectivity index (χ2n) is 16.7. The molecule has 0 unspecified atom stereocenters. The molecule has 262 valence electrons. The predicted molar refractivity (Wildman–Crippen MR) is 202 cm³/mol. The molecule has 0 N–H and O–H groups in total. The van der Waals surface area contributed by atoms with Crippen LogP contribution in [0.25, 0.3) is 39.0 Å². The molecule has 3 aromatic heterocycles. The first-order valence-electron chi connectivity index (χ1n) is 17.6. The van der Waals surface area contributed by atoms with Crippen molar-refractivity contribution in [1.29, 1.82) is 0 Å². The van der Waals surface area contributed by atoms with Gasteiger partial charge >= 0.3 is 21.1 Å². The summed E-state index contributed by atoms with van der Waals surface area (Å²) in [5.74, 6) is 1.94.